The van der Waals surface area contributed by atoms with Crippen molar-refractivity contribution in [1.82, 2.24) is 4.90 Å². The Bertz CT molecular complexity index is 760. The van der Waals surface area contributed by atoms with Crippen LogP contribution in [0.4, 0.5) is 18.9 Å². The SMILES string of the molecule is COCCN1C(=O)c2ccccc2N[C@@H]1c1ccc(C(F)(F)F)cc1. The number of alkyl halides is 3. The van der Waals surface area contributed by atoms with E-state index in [0.29, 0.717) is 30.0 Å². The zero-order chi connectivity index (χ0) is 18.0. The van der Waals surface area contributed by atoms with Gasteiger partial charge in [0.05, 0.1) is 17.7 Å². The largest absolute Gasteiger partial charge is 0.416 e. The number of halogens is 3. The van der Waals surface area contributed by atoms with Crippen molar-refractivity contribution in [2.45, 2.75) is 12.3 Å². The molecule has 4 nitrogen and oxygen atoms in total. The Morgan fingerprint density at radius 1 is 1.12 bits per heavy atom. The minimum atomic E-state index is -4.39. The predicted octanol–water partition coefficient (Wildman–Crippen LogP) is 3.92. The van der Waals surface area contributed by atoms with Gasteiger partial charge in [0.1, 0.15) is 6.17 Å². The molecular weight excluding hydrogens is 333 g/mol. The molecule has 0 aliphatic carbocycles. The topological polar surface area (TPSA) is 41.6 Å². The minimum absolute atomic E-state index is 0.184. The summed E-state index contributed by atoms with van der Waals surface area (Å²) >= 11 is 0. The van der Waals surface area contributed by atoms with Crippen molar-refractivity contribution in [1.29, 1.82) is 0 Å². The third-order valence-electron chi connectivity index (χ3n) is 4.11. The molecule has 0 saturated carbocycles. The highest BCUT2D eigenvalue weighted by Gasteiger charge is 2.34. The van der Waals surface area contributed by atoms with Gasteiger partial charge in [0, 0.05) is 19.3 Å². The predicted molar refractivity (Wildman–Crippen MR) is 87.2 cm³/mol. The third kappa shape index (κ3) is 3.46. The fourth-order valence-electron chi connectivity index (χ4n) is 2.83. The van der Waals surface area contributed by atoms with Crippen LogP contribution in [-0.4, -0.2) is 31.1 Å². The van der Waals surface area contributed by atoms with Gasteiger partial charge in [-0.05, 0) is 29.8 Å². The van der Waals surface area contributed by atoms with Crippen molar-refractivity contribution in [3.8, 4) is 0 Å². The first-order valence-corrected chi connectivity index (χ1v) is 7.74. The van der Waals surface area contributed by atoms with E-state index in [9.17, 15) is 18.0 Å². The molecule has 0 spiro atoms. The number of hydrogen-bond acceptors (Lipinski definition) is 3. The van der Waals surface area contributed by atoms with Crippen LogP contribution in [0.15, 0.2) is 48.5 Å². The number of nitrogens with one attached hydrogen (secondary N) is 1. The third-order valence-corrected chi connectivity index (χ3v) is 4.11. The summed E-state index contributed by atoms with van der Waals surface area (Å²) in [6.07, 6.45) is -4.95. The number of para-hydroxylation sites is 1. The van der Waals surface area contributed by atoms with Gasteiger partial charge >= 0.3 is 6.18 Å². The minimum Gasteiger partial charge on any atom is -0.383 e. The number of ether oxygens (including phenoxy) is 1. The number of nitrogens with zero attached hydrogens (tertiary/aromatic N) is 1. The van der Waals surface area contributed by atoms with Crippen LogP contribution in [0.3, 0.4) is 0 Å². The van der Waals surface area contributed by atoms with Gasteiger partial charge in [-0.1, -0.05) is 24.3 Å². The van der Waals surface area contributed by atoms with Crippen LogP contribution in [0, 0.1) is 0 Å². The lowest BCUT2D eigenvalue weighted by atomic mass is 10.0. The van der Waals surface area contributed by atoms with E-state index in [2.05, 4.69) is 5.32 Å². The maximum absolute atomic E-state index is 12.8. The second kappa shape index (κ2) is 6.76. The van der Waals surface area contributed by atoms with Gasteiger partial charge in [0.2, 0.25) is 0 Å². The van der Waals surface area contributed by atoms with Crippen molar-refractivity contribution in [2.24, 2.45) is 0 Å². The van der Waals surface area contributed by atoms with E-state index in [1.54, 1.807) is 29.2 Å². The Balaban J connectivity index is 1.96. The van der Waals surface area contributed by atoms with Gasteiger partial charge in [0.25, 0.3) is 5.91 Å². The molecule has 2 aromatic carbocycles. The molecule has 0 fully saturated rings. The summed E-state index contributed by atoms with van der Waals surface area (Å²) in [5, 5.41) is 3.23. The Kier molecular flexibility index (Phi) is 4.67. The maximum Gasteiger partial charge on any atom is 0.416 e. The number of carbonyl (C=O) groups is 1. The molecule has 0 aromatic heterocycles. The molecular formula is C18H17F3N2O2. The Labute approximate surface area is 143 Å². The molecule has 0 unspecified atom stereocenters. The van der Waals surface area contributed by atoms with Crippen LogP contribution in [0.2, 0.25) is 0 Å². The normalized spacial score (nSPS) is 17.2. The van der Waals surface area contributed by atoms with Crippen LogP contribution in [-0.2, 0) is 10.9 Å². The second-order valence-corrected chi connectivity index (χ2v) is 5.70. The quantitative estimate of drug-likeness (QED) is 0.909. The number of carbonyl (C=O) groups excluding carboxylic acids is 1. The van der Waals surface area contributed by atoms with Gasteiger partial charge in [-0.15, -0.1) is 0 Å². The van der Waals surface area contributed by atoms with Crippen molar-refractivity contribution in [3.63, 3.8) is 0 Å². The standard InChI is InChI=1S/C18H17F3N2O2/c1-25-11-10-23-16(12-6-8-13(9-7-12)18(19,20)21)22-15-5-3-2-4-14(15)17(23)24/h2-9,16,22H,10-11H2,1H3/t16-/m0/s1. The van der Waals surface area contributed by atoms with Crippen molar-refractivity contribution in [2.75, 3.05) is 25.6 Å². The van der Waals surface area contributed by atoms with Crippen LogP contribution < -0.4 is 5.32 Å². The molecule has 3 rings (SSSR count). The number of fused-ring (bicyclic) bond motifs is 1. The molecule has 1 atom stereocenters. The lowest BCUT2D eigenvalue weighted by Crippen LogP contribution is -2.44. The summed E-state index contributed by atoms with van der Waals surface area (Å²) in [5.41, 5.74) is 1.04. The number of rotatable bonds is 4. The first-order valence-electron chi connectivity index (χ1n) is 7.74. The van der Waals surface area contributed by atoms with E-state index >= 15 is 0 Å². The summed E-state index contributed by atoms with van der Waals surface area (Å²) in [6, 6.07) is 11.9. The molecule has 25 heavy (non-hydrogen) atoms. The zero-order valence-corrected chi connectivity index (χ0v) is 13.5. The molecule has 1 heterocycles. The molecule has 0 saturated heterocycles. The summed E-state index contributed by atoms with van der Waals surface area (Å²) < 4.78 is 43.4. The van der Waals surface area contributed by atoms with E-state index in [0.717, 1.165) is 12.1 Å². The smallest absolute Gasteiger partial charge is 0.383 e. The molecule has 2 aromatic rings. The fraction of sp³-hybridized carbons (Fsp3) is 0.278. The lowest BCUT2D eigenvalue weighted by Gasteiger charge is -2.38. The average Bonchev–Trinajstić information content (AvgIpc) is 2.60. The Morgan fingerprint density at radius 2 is 1.80 bits per heavy atom. The second-order valence-electron chi connectivity index (χ2n) is 5.70. The highest BCUT2D eigenvalue weighted by molar-refractivity contribution is 6.01. The first kappa shape index (κ1) is 17.3. The molecule has 1 aliphatic heterocycles. The molecule has 7 heteroatoms. The molecule has 0 radical (unpaired) electrons. The van der Waals surface area contributed by atoms with E-state index in [4.69, 9.17) is 4.74 Å². The number of methoxy groups -OCH3 is 1. The number of benzene rings is 2. The van der Waals surface area contributed by atoms with Gasteiger partial charge in [-0.25, -0.2) is 0 Å². The van der Waals surface area contributed by atoms with Crippen molar-refractivity contribution < 1.29 is 22.7 Å². The highest BCUT2D eigenvalue weighted by Crippen LogP contribution is 2.35. The molecule has 132 valence electrons. The van der Waals surface area contributed by atoms with E-state index < -0.39 is 17.9 Å². The number of amides is 1. The Hall–Kier alpha value is -2.54. The van der Waals surface area contributed by atoms with Gasteiger partial charge in [0.15, 0.2) is 0 Å². The number of hydrogen-bond donors (Lipinski definition) is 1. The first-order chi connectivity index (χ1) is 11.9. The van der Waals surface area contributed by atoms with Gasteiger partial charge < -0.3 is 15.0 Å². The fourth-order valence-corrected chi connectivity index (χ4v) is 2.83. The van der Waals surface area contributed by atoms with Gasteiger partial charge in [-0.2, -0.15) is 13.2 Å². The summed E-state index contributed by atoms with van der Waals surface area (Å²) in [5.74, 6) is -0.184. The van der Waals surface area contributed by atoms with Gasteiger partial charge in [-0.3, -0.25) is 4.79 Å². The van der Waals surface area contributed by atoms with Crippen molar-refractivity contribution in [3.05, 3.63) is 65.2 Å². The Morgan fingerprint density at radius 3 is 2.44 bits per heavy atom. The van der Waals surface area contributed by atoms with E-state index in [-0.39, 0.29) is 5.91 Å². The summed E-state index contributed by atoms with van der Waals surface area (Å²) in [6.45, 7) is 0.648. The summed E-state index contributed by atoms with van der Waals surface area (Å²) in [4.78, 5) is 14.3. The average molecular weight is 350 g/mol. The molecule has 1 amide bonds. The highest BCUT2D eigenvalue weighted by atomic mass is 19.4. The van der Waals surface area contributed by atoms with Crippen LogP contribution in [0.25, 0.3) is 0 Å². The van der Waals surface area contributed by atoms with E-state index in [1.807, 2.05) is 0 Å². The van der Waals surface area contributed by atoms with Crippen LogP contribution in [0.1, 0.15) is 27.7 Å². The summed E-state index contributed by atoms with van der Waals surface area (Å²) in [7, 11) is 1.53. The van der Waals surface area contributed by atoms with Crippen LogP contribution >= 0.6 is 0 Å². The van der Waals surface area contributed by atoms with Crippen molar-refractivity contribution >= 4 is 11.6 Å². The molecule has 1 N–H and O–H groups in total. The molecule has 1 aliphatic rings. The number of anilines is 1. The molecule has 0 bridgehead atoms. The monoisotopic (exact) mass is 350 g/mol. The van der Waals surface area contributed by atoms with Crippen LogP contribution in [0.5, 0.6) is 0 Å². The van der Waals surface area contributed by atoms with E-state index in [1.165, 1.54) is 19.2 Å². The lowest BCUT2D eigenvalue weighted by molar-refractivity contribution is -0.137. The zero-order valence-electron chi connectivity index (χ0n) is 13.5. The maximum atomic E-state index is 12.8.